The first-order valence-electron chi connectivity index (χ1n) is 13.6. The van der Waals surface area contributed by atoms with Gasteiger partial charge in [-0.3, -0.25) is 19.5 Å². The molecule has 2 aromatic rings. The van der Waals surface area contributed by atoms with Gasteiger partial charge in [-0.1, -0.05) is 52.0 Å². The van der Waals surface area contributed by atoms with Gasteiger partial charge in [0.1, 0.15) is 11.9 Å². The Morgan fingerprint density at radius 3 is 2.42 bits per heavy atom. The van der Waals surface area contributed by atoms with Crippen LogP contribution in [0.25, 0.3) is 0 Å². The van der Waals surface area contributed by atoms with Crippen molar-refractivity contribution in [1.82, 2.24) is 20.1 Å². The van der Waals surface area contributed by atoms with Gasteiger partial charge in [-0.25, -0.2) is 4.39 Å². The van der Waals surface area contributed by atoms with Crippen molar-refractivity contribution in [1.29, 1.82) is 0 Å². The maximum atomic E-state index is 15.2. The number of piperazine rings is 1. The van der Waals surface area contributed by atoms with E-state index in [1.54, 1.807) is 31.2 Å². The number of ether oxygens (including phenoxy) is 1. The Labute approximate surface area is 226 Å². The highest BCUT2D eigenvalue weighted by molar-refractivity contribution is 5.89. The van der Waals surface area contributed by atoms with Gasteiger partial charge in [0.25, 0.3) is 0 Å². The number of nitrogens with one attached hydrogen (secondary N) is 1. The molecule has 1 saturated heterocycles. The first-order chi connectivity index (χ1) is 18.0. The summed E-state index contributed by atoms with van der Waals surface area (Å²) >= 11 is 0. The number of hydrogen-bond acceptors (Lipinski definition) is 5. The number of nitrogens with zero attached hydrogens (tertiary/aromatic N) is 3. The van der Waals surface area contributed by atoms with Crippen molar-refractivity contribution in [2.75, 3.05) is 26.8 Å². The number of rotatable bonds is 10. The molecule has 2 heterocycles. The van der Waals surface area contributed by atoms with Gasteiger partial charge in [0.2, 0.25) is 11.8 Å². The van der Waals surface area contributed by atoms with Crippen LogP contribution >= 0.6 is 0 Å². The maximum absolute atomic E-state index is 15.2. The van der Waals surface area contributed by atoms with Gasteiger partial charge >= 0.3 is 0 Å². The van der Waals surface area contributed by atoms with E-state index in [4.69, 9.17) is 4.74 Å². The molecule has 0 bridgehead atoms. The summed E-state index contributed by atoms with van der Waals surface area (Å²) in [6.45, 7) is 13.2. The van der Waals surface area contributed by atoms with Crippen molar-refractivity contribution in [2.24, 2.45) is 5.92 Å². The van der Waals surface area contributed by atoms with Crippen LogP contribution in [0.5, 0.6) is 0 Å². The van der Waals surface area contributed by atoms with Gasteiger partial charge < -0.3 is 15.0 Å². The molecular weight excluding hydrogens is 483 g/mol. The van der Waals surface area contributed by atoms with Gasteiger partial charge in [0.15, 0.2) is 0 Å². The Morgan fingerprint density at radius 1 is 1.13 bits per heavy atom. The lowest BCUT2D eigenvalue weighted by Crippen LogP contribution is -2.65. The molecule has 1 N–H and O–H groups in total. The number of halogens is 1. The molecule has 1 fully saturated rings. The number of carbonyl (C=O) groups excluding carboxylic acids is 2. The largest absolute Gasteiger partial charge is 0.385 e. The average molecular weight is 527 g/mol. The second-order valence-corrected chi connectivity index (χ2v) is 11.0. The molecule has 3 rings (SSSR count). The Balaban J connectivity index is 1.87. The fourth-order valence-corrected chi connectivity index (χ4v) is 5.09. The number of amides is 2. The minimum absolute atomic E-state index is 0.0631. The van der Waals surface area contributed by atoms with E-state index in [1.165, 1.54) is 5.56 Å². The van der Waals surface area contributed by atoms with Crippen LogP contribution in [0, 0.1) is 18.7 Å². The summed E-state index contributed by atoms with van der Waals surface area (Å²) in [7, 11) is 1.61. The summed E-state index contributed by atoms with van der Waals surface area (Å²) < 4.78 is 20.5. The number of benzene rings is 1. The van der Waals surface area contributed by atoms with Crippen LogP contribution < -0.4 is 5.32 Å². The molecule has 1 aromatic heterocycles. The van der Waals surface area contributed by atoms with Crippen LogP contribution in [0.1, 0.15) is 75.4 Å². The number of hydrogen-bond donors (Lipinski definition) is 1. The minimum Gasteiger partial charge on any atom is -0.385 e. The van der Waals surface area contributed by atoms with E-state index >= 15 is 4.39 Å². The lowest BCUT2D eigenvalue weighted by Gasteiger charge is -2.47. The maximum Gasteiger partial charge on any atom is 0.244 e. The van der Waals surface area contributed by atoms with Crippen molar-refractivity contribution in [3.05, 3.63) is 64.7 Å². The fourth-order valence-electron chi connectivity index (χ4n) is 5.09. The standard InChI is InChI=1S/C30H43FN4O3/c1-19(2)24-10-8-23(9-11-24)16-33-29(36)26-18-34(17-22(6)35(26)30(37)20(3)4)25(13-15-38-7)28-27(31)21(5)12-14-32-28/h8-12,14,19-20,22,25-26H,13,15-18H2,1-7H3,(H,33,36)/t22-,25-,26-/m1/s1. The minimum atomic E-state index is -0.707. The zero-order valence-electron chi connectivity index (χ0n) is 23.8. The molecule has 8 heteroatoms. The topological polar surface area (TPSA) is 74.8 Å². The summed E-state index contributed by atoms with van der Waals surface area (Å²) in [6, 6.07) is 8.53. The molecular formula is C30H43FN4O3. The van der Waals surface area contributed by atoms with E-state index in [9.17, 15) is 9.59 Å². The van der Waals surface area contributed by atoms with E-state index in [-0.39, 0.29) is 42.2 Å². The molecule has 3 atom stereocenters. The summed E-state index contributed by atoms with van der Waals surface area (Å²) in [4.78, 5) is 35.1. The van der Waals surface area contributed by atoms with Crippen molar-refractivity contribution >= 4 is 11.8 Å². The molecule has 0 aliphatic carbocycles. The summed E-state index contributed by atoms with van der Waals surface area (Å²) in [5, 5.41) is 3.05. The lowest BCUT2D eigenvalue weighted by molar-refractivity contribution is -0.151. The third-order valence-corrected chi connectivity index (χ3v) is 7.34. The number of aryl methyl sites for hydroxylation is 1. The summed E-state index contributed by atoms with van der Waals surface area (Å²) in [5.74, 6) is -0.433. The number of aromatic nitrogens is 1. The van der Waals surface area contributed by atoms with Crippen LogP contribution in [0.4, 0.5) is 4.39 Å². The third-order valence-electron chi connectivity index (χ3n) is 7.34. The second kappa shape index (κ2) is 13.3. The van der Waals surface area contributed by atoms with Gasteiger partial charge in [-0.05, 0) is 48.9 Å². The first kappa shape index (κ1) is 29.7. The third kappa shape index (κ3) is 6.97. The van der Waals surface area contributed by atoms with E-state index < -0.39 is 6.04 Å². The van der Waals surface area contributed by atoms with E-state index in [0.717, 1.165) is 5.56 Å². The van der Waals surface area contributed by atoms with Gasteiger partial charge in [0.05, 0.1) is 11.7 Å². The zero-order chi connectivity index (χ0) is 28.0. The van der Waals surface area contributed by atoms with E-state index in [1.807, 2.05) is 32.9 Å². The predicted molar refractivity (Wildman–Crippen MR) is 147 cm³/mol. The Kier molecular flexibility index (Phi) is 10.4. The average Bonchev–Trinajstić information content (AvgIpc) is 2.89. The van der Waals surface area contributed by atoms with Crippen molar-refractivity contribution in [2.45, 2.75) is 78.6 Å². The van der Waals surface area contributed by atoms with Gasteiger partial charge in [-0.2, -0.15) is 0 Å². The smallest absolute Gasteiger partial charge is 0.244 e. The zero-order valence-corrected chi connectivity index (χ0v) is 23.8. The van der Waals surface area contributed by atoms with Crippen LogP contribution in [0.15, 0.2) is 36.5 Å². The lowest BCUT2D eigenvalue weighted by atomic mass is 9.97. The van der Waals surface area contributed by atoms with Crippen molar-refractivity contribution < 1.29 is 18.7 Å². The molecule has 7 nitrogen and oxygen atoms in total. The fraction of sp³-hybridized carbons (Fsp3) is 0.567. The van der Waals surface area contributed by atoms with E-state index in [2.05, 4.69) is 41.2 Å². The highest BCUT2D eigenvalue weighted by atomic mass is 19.1. The Hall–Kier alpha value is -2.84. The molecule has 2 amide bonds. The highest BCUT2D eigenvalue weighted by Crippen LogP contribution is 2.31. The van der Waals surface area contributed by atoms with Crippen molar-refractivity contribution in [3.63, 3.8) is 0 Å². The Morgan fingerprint density at radius 2 is 1.82 bits per heavy atom. The van der Waals surface area contributed by atoms with Crippen molar-refractivity contribution in [3.8, 4) is 0 Å². The quantitative estimate of drug-likeness (QED) is 0.490. The van der Waals surface area contributed by atoms with Gasteiger partial charge in [-0.15, -0.1) is 0 Å². The van der Waals surface area contributed by atoms with Crippen LogP contribution in [0.3, 0.4) is 0 Å². The monoisotopic (exact) mass is 526 g/mol. The SMILES string of the molecule is COCC[C@H](c1nccc(C)c1F)N1C[C@@H](C)N(C(=O)C(C)C)[C@@H](C(=O)NCc2ccc(C(C)C)cc2)C1. The van der Waals surface area contributed by atoms with Crippen LogP contribution in [-0.4, -0.2) is 65.5 Å². The molecule has 0 radical (unpaired) electrons. The molecule has 0 unspecified atom stereocenters. The molecule has 208 valence electrons. The van der Waals surface area contributed by atoms with Gasteiger partial charge in [0, 0.05) is 51.5 Å². The normalized spacial score (nSPS) is 19.2. The predicted octanol–water partition coefficient (Wildman–Crippen LogP) is 4.60. The van der Waals surface area contributed by atoms with Crippen LogP contribution in [-0.2, 0) is 20.9 Å². The molecule has 38 heavy (non-hydrogen) atoms. The molecule has 0 saturated carbocycles. The molecule has 1 aromatic carbocycles. The summed E-state index contributed by atoms with van der Waals surface area (Å²) in [5.41, 5.74) is 3.11. The number of carbonyl (C=O) groups is 2. The molecule has 0 spiro atoms. The Bertz CT molecular complexity index is 1090. The summed E-state index contributed by atoms with van der Waals surface area (Å²) in [6.07, 6.45) is 2.13. The second-order valence-electron chi connectivity index (χ2n) is 11.0. The molecule has 1 aliphatic heterocycles. The number of pyridine rings is 1. The van der Waals surface area contributed by atoms with Crippen LogP contribution in [0.2, 0.25) is 0 Å². The first-order valence-corrected chi connectivity index (χ1v) is 13.6. The highest BCUT2D eigenvalue weighted by Gasteiger charge is 2.42. The number of methoxy groups -OCH3 is 1. The molecule has 1 aliphatic rings. The van der Waals surface area contributed by atoms with E-state index in [0.29, 0.717) is 43.3 Å².